The Hall–Kier alpha value is -1.02. The van der Waals surface area contributed by atoms with E-state index in [2.05, 4.69) is 14.9 Å². The number of rotatable bonds is 4. The molecule has 0 amide bonds. The minimum absolute atomic E-state index is 0.0629. The minimum Gasteiger partial charge on any atom is -0.207 e. The highest BCUT2D eigenvalue weighted by atomic mass is 35.5. The van der Waals surface area contributed by atoms with Crippen molar-refractivity contribution >= 4 is 33.0 Å². The zero-order chi connectivity index (χ0) is 13.2. The number of hydrogen-bond donors (Lipinski definition) is 1. The lowest BCUT2D eigenvalue weighted by atomic mass is 10.4. The normalized spacial score (nSPS) is 11.7. The highest BCUT2D eigenvalue weighted by Crippen LogP contribution is 2.20. The minimum atomic E-state index is -3.62. The first kappa shape index (κ1) is 13.4. The first-order chi connectivity index (χ1) is 8.49. The summed E-state index contributed by atoms with van der Waals surface area (Å²) in [6, 6.07) is 6.28. The fourth-order valence-corrected chi connectivity index (χ4v) is 3.55. The van der Waals surface area contributed by atoms with Gasteiger partial charge < -0.3 is 0 Å². The van der Waals surface area contributed by atoms with Gasteiger partial charge in [-0.15, -0.1) is 21.5 Å². The van der Waals surface area contributed by atoms with Gasteiger partial charge in [0, 0.05) is 0 Å². The van der Waals surface area contributed by atoms with Crippen LogP contribution in [-0.4, -0.2) is 18.6 Å². The van der Waals surface area contributed by atoms with Crippen molar-refractivity contribution in [3.63, 3.8) is 0 Å². The van der Waals surface area contributed by atoms with Crippen LogP contribution in [0.1, 0.15) is 10.0 Å². The predicted octanol–water partition coefficient (Wildman–Crippen LogP) is 1.98. The van der Waals surface area contributed by atoms with Gasteiger partial charge in [-0.25, -0.2) is 13.1 Å². The molecule has 0 spiro atoms. The lowest BCUT2D eigenvalue weighted by Gasteiger charge is -2.06. The molecule has 18 heavy (non-hydrogen) atoms. The number of hydrogen-bond acceptors (Lipinski definition) is 5. The van der Waals surface area contributed by atoms with Crippen molar-refractivity contribution in [1.29, 1.82) is 0 Å². The highest BCUT2D eigenvalue weighted by Gasteiger charge is 2.17. The summed E-state index contributed by atoms with van der Waals surface area (Å²) in [5.41, 5.74) is 0. The Morgan fingerprint density at radius 3 is 2.67 bits per heavy atom. The van der Waals surface area contributed by atoms with Crippen molar-refractivity contribution in [2.24, 2.45) is 0 Å². The lowest BCUT2D eigenvalue weighted by Crippen LogP contribution is -2.23. The van der Waals surface area contributed by atoms with E-state index in [1.165, 1.54) is 23.5 Å². The summed E-state index contributed by atoms with van der Waals surface area (Å²) in [7, 11) is -3.62. The second-order valence-electron chi connectivity index (χ2n) is 3.47. The number of halogens is 1. The molecular formula is C10H10ClN3O2S2. The third-order valence-corrected chi connectivity index (χ3v) is 4.85. The van der Waals surface area contributed by atoms with Crippen LogP contribution in [0.25, 0.3) is 0 Å². The van der Waals surface area contributed by atoms with Gasteiger partial charge in [0.05, 0.1) is 11.6 Å². The number of nitrogens with one attached hydrogen (secondary N) is 1. The molecule has 0 aliphatic rings. The van der Waals surface area contributed by atoms with Gasteiger partial charge in [0.25, 0.3) is 0 Å². The predicted molar refractivity (Wildman–Crippen MR) is 70.1 cm³/mol. The van der Waals surface area contributed by atoms with Crippen LogP contribution in [0, 0.1) is 6.92 Å². The van der Waals surface area contributed by atoms with E-state index in [1.807, 2.05) is 6.92 Å². The van der Waals surface area contributed by atoms with Gasteiger partial charge in [-0.2, -0.15) is 0 Å². The molecule has 0 radical (unpaired) electrons. The molecule has 0 atom stereocenters. The SMILES string of the molecule is Cc1nnc(CNS(=O)(=O)c2ccccc2Cl)s1. The number of aryl methyl sites for hydroxylation is 1. The topological polar surface area (TPSA) is 72.0 Å². The fourth-order valence-electron chi connectivity index (χ4n) is 1.31. The summed E-state index contributed by atoms with van der Waals surface area (Å²) in [6.45, 7) is 1.92. The maximum atomic E-state index is 12.0. The zero-order valence-corrected chi connectivity index (χ0v) is 11.8. The molecule has 0 bridgehead atoms. The molecule has 1 heterocycles. The van der Waals surface area contributed by atoms with Crippen LogP contribution in [0.5, 0.6) is 0 Å². The van der Waals surface area contributed by atoms with Crippen LogP contribution < -0.4 is 4.72 Å². The second-order valence-corrected chi connectivity index (χ2v) is 6.88. The lowest BCUT2D eigenvalue weighted by molar-refractivity contribution is 0.581. The van der Waals surface area contributed by atoms with E-state index < -0.39 is 10.0 Å². The van der Waals surface area contributed by atoms with Gasteiger partial charge in [-0.05, 0) is 19.1 Å². The molecule has 0 saturated carbocycles. The van der Waals surface area contributed by atoms with Crippen LogP contribution in [0.3, 0.4) is 0 Å². The number of benzene rings is 1. The first-order valence-corrected chi connectivity index (χ1v) is 7.70. The summed E-state index contributed by atoms with van der Waals surface area (Å²) >= 11 is 7.20. The van der Waals surface area contributed by atoms with Crippen LogP contribution in [0.4, 0.5) is 0 Å². The second kappa shape index (κ2) is 5.31. The Kier molecular flexibility index (Phi) is 3.96. The maximum Gasteiger partial charge on any atom is 0.242 e. The van der Waals surface area contributed by atoms with Gasteiger partial charge in [0.2, 0.25) is 10.0 Å². The molecule has 5 nitrogen and oxygen atoms in total. The summed E-state index contributed by atoms with van der Waals surface area (Å²) in [5, 5.41) is 9.26. The van der Waals surface area contributed by atoms with E-state index in [4.69, 9.17) is 11.6 Å². The summed E-state index contributed by atoms with van der Waals surface area (Å²) < 4.78 is 26.4. The quantitative estimate of drug-likeness (QED) is 0.937. The van der Waals surface area contributed by atoms with Crippen LogP contribution in [0.15, 0.2) is 29.2 Å². The average Bonchev–Trinajstić information content (AvgIpc) is 2.73. The number of nitrogens with zero attached hydrogens (tertiary/aromatic N) is 2. The zero-order valence-electron chi connectivity index (χ0n) is 9.42. The van der Waals surface area contributed by atoms with Crippen molar-refractivity contribution in [3.05, 3.63) is 39.3 Å². The van der Waals surface area contributed by atoms with Crippen molar-refractivity contribution < 1.29 is 8.42 Å². The van der Waals surface area contributed by atoms with Gasteiger partial charge in [0.15, 0.2) is 0 Å². The Labute approximate surface area is 114 Å². The summed E-state index contributed by atoms with van der Waals surface area (Å²) in [5.74, 6) is 0. The molecule has 96 valence electrons. The molecule has 0 aliphatic heterocycles. The molecule has 2 rings (SSSR count). The smallest absolute Gasteiger partial charge is 0.207 e. The molecule has 1 aromatic carbocycles. The van der Waals surface area contributed by atoms with Crippen LogP contribution in [0.2, 0.25) is 5.02 Å². The molecule has 1 aromatic heterocycles. The third kappa shape index (κ3) is 3.05. The van der Waals surface area contributed by atoms with Crippen molar-refractivity contribution in [3.8, 4) is 0 Å². The Balaban J connectivity index is 2.16. The Morgan fingerprint density at radius 2 is 2.06 bits per heavy atom. The summed E-state index contributed by atoms with van der Waals surface area (Å²) in [6.07, 6.45) is 0. The largest absolute Gasteiger partial charge is 0.242 e. The van der Waals surface area contributed by atoms with E-state index in [0.717, 1.165) is 5.01 Å². The molecular weight excluding hydrogens is 294 g/mol. The highest BCUT2D eigenvalue weighted by molar-refractivity contribution is 7.89. The van der Waals surface area contributed by atoms with Crippen molar-refractivity contribution in [2.75, 3.05) is 0 Å². The van der Waals surface area contributed by atoms with Crippen molar-refractivity contribution in [2.45, 2.75) is 18.4 Å². The van der Waals surface area contributed by atoms with Gasteiger partial charge in [0.1, 0.15) is 14.9 Å². The Bertz CT molecular complexity index is 655. The van der Waals surface area contributed by atoms with Gasteiger partial charge >= 0.3 is 0 Å². The van der Waals surface area contributed by atoms with E-state index in [0.29, 0.717) is 5.01 Å². The molecule has 0 fully saturated rings. The molecule has 0 aliphatic carbocycles. The fraction of sp³-hybridized carbons (Fsp3) is 0.200. The Morgan fingerprint density at radius 1 is 1.33 bits per heavy atom. The third-order valence-electron chi connectivity index (χ3n) is 2.11. The molecule has 8 heteroatoms. The van der Waals surface area contributed by atoms with E-state index in [-0.39, 0.29) is 16.5 Å². The molecule has 0 saturated heterocycles. The molecule has 0 unspecified atom stereocenters. The van der Waals surface area contributed by atoms with E-state index in [1.54, 1.807) is 12.1 Å². The monoisotopic (exact) mass is 303 g/mol. The van der Waals surface area contributed by atoms with Crippen LogP contribution in [-0.2, 0) is 16.6 Å². The van der Waals surface area contributed by atoms with Crippen molar-refractivity contribution in [1.82, 2.24) is 14.9 Å². The number of aromatic nitrogens is 2. The summed E-state index contributed by atoms with van der Waals surface area (Å²) in [4.78, 5) is 0.0629. The molecule has 1 N–H and O–H groups in total. The van der Waals surface area contributed by atoms with Crippen LogP contribution >= 0.6 is 22.9 Å². The standard InChI is InChI=1S/C10H10ClN3O2S2/c1-7-13-14-10(17-7)6-12-18(15,16)9-5-3-2-4-8(9)11/h2-5,12H,6H2,1H3. The van der Waals surface area contributed by atoms with E-state index in [9.17, 15) is 8.42 Å². The van der Waals surface area contributed by atoms with Gasteiger partial charge in [-0.1, -0.05) is 23.7 Å². The average molecular weight is 304 g/mol. The van der Waals surface area contributed by atoms with Gasteiger partial charge in [-0.3, -0.25) is 0 Å². The van der Waals surface area contributed by atoms with E-state index >= 15 is 0 Å². The molecule has 2 aromatic rings. The maximum absolute atomic E-state index is 12.0. The number of sulfonamides is 1. The first-order valence-electron chi connectivity index (χ1n) is 5.02.